The van der Waals surface area contributed by atoms with Crippen LogP contribution in [0.25, 0.3) is 0 Å². The minimum atomic E-state index is 0.112. The Labute approximate surface area is 129 Å². The van der Waals surface area contributed by atoms with Crippen LogP contribution in [0.3, 0.4) is 0 Å². The average molecular weight is 314 g/mol. The molecule has 0 aromatic heterocycles. The van der Waals surface area contributed by atoms with Gasteiger partial charge in [0.05, 0.1) is 33.4 Å². The van der Waals surface area contributed by atoms with E-state index in [-0.39, 0.29) is 11.8 Å². The Balaban J connectivity index is 2.28. The number of hydrogen-bond donors (Lipinski definition) is 0. The molecule has 0 bridgehead atoms. The van der Waals surface area contributed by atoms with Gasteiger partial charge in [-0.1, -0.05) is 0 Å². The van der Waals surface area contributed by atoms with Crippen LogP contribution >= 0.6 is 11.6 Å². The summed E-state index contributed by atoms with van der Waals surface area (Å²) in [6.45, 7) is 1.11. The van der Waals surface area contributed by atoms with E-state index in [0.717, 1.165) is 5.56 Å². The lowest BCUT2D eigenvalue weighted by Gasteiger charge is -2.21. The number of hydrogen-bond acceptors (Lipinski definition) is 4. The van der Waals surface area contributed by atoms with Gasteiger partial charge in [0.25, 0.3) is 0 Å². The monoisotopic (exact) mass is 313 g/mol. The van der Waals surface area contributed by atoms with E-state index in [1.54, 1.807) is 38.4 Å². The zero-order valence-corrected chi connectivity index (χ0v) is 13.3. The lowest BCUT2D eigenvalue weighted by Crippen LogP contribution is -2.25. The topological polar surface area (TPSA) is 48.0 Å². The van der Waals surface area contributed by atoms with Crippen LogP contribution in [0, 0.1) is 5.92 Å². The van der Waals surface area contributed by atoms with Crippen LogP contribution in [-0.2, 0) is 11.3 Å². The highest BCUT2D eigenvalue weighted by Crippen LogP contribution is 2.36. The lowest BCUT2D eigenvalue weighted by molar-refractivity contribution is -0.128. The molecule has 0 spiro atoms. The SMILES string of the molecule is COc1cc(OC)c(CN2CC(CCl)CC2=O)c(OC)c1. The van der Waals surface area contributed by atoms with E-state index in [1.165, 1.54) is 0 Å². The van der Waals surface area contributed by atoms with Gasteiger partial charge in [0.15, 0.2) is 0 Å². The fourth-order valence-electron chi connectivity index (χ4n) is 2.53. The molecular weight excluding hydrogens is 294 g/mol. The highest BCUT2D eigenvalue weighted by molar-refractivity contribution is 6.18. The summed E-state index contributed by atoms with van der Waals surface area (Å²) in [5.41, 5.74) is 0.837. The number of alkyl halides is 1. The van der Waals surface area contributed by atoms with E-state index in [4.69, 9.17) is 25.8 Å². The van der Waals surface area contributed by atoms with Crippen molar-refractivity contribution in [3.05, 3.63) is 17.7 Å². The molecule has 1 unspecified atom stereocenters. The minimum absolute atomic E-state index is 0.112. The molecule has 1 aromatic carbocycles. The predicted molar refractivity (Wildman–Crippen MR) is 80.3 cm³/mol. The van der Waals surface area contributed by atoms with Crippen LogP contribution in [0.2, 0.25) is 0 Å². The van der Waals surface area contributed by atoms with Gasteiger partial charge in [0, 0.05) is 31.0 Å². The zero-order valence-electron chi connectivity index (χ0n) is 12.5. The van der Waals surface area contributed by atoms with Crippen molar-refractivity contribution in [2.45, 2.75) is 13.0 Å². The highest BCUT2D eigenvalue weighted by Gasteiger charge is 2.30. The third-order valence-corrected chi connectivity index (χ3v) is 4.12. The van der Waals surface area contributed by atoms with E-state index in [1.807, 2.05) is 0 Å². The fourth-order valence-corrected chi connectivity index (χ4v) is 2.74. The van der Waals surface area contributed by atoms with Crippen molar-refractivity contribution < 1.29 is 19.0 Å². The van der Waals surface area contributed by atoms with Crippen molar-refractivity contribution in [2.75, 3.05) is 33.8 Å². The number of amides is 1. The zero-order chi connectivity index (χ0) is 15.4. The van der Waals surface area contributed by atoms with Gasteiger partial charge >= 0.3 is 0 Å². The number of likely N-dealkylation sites (tertiary alicyclic amines) is 1. The van der Waals surface area contributed by atoms with E-state index in [0.29, 0.717) is 42.6 Å². The van der Waals surface area contributed by atoms with Gasteiger partial charge in [0.2, 0.25) is 5.91 Å². The molecule has 1 atom stereocenters. The van der Waals surface area contributed by atoms with Gasteiger partial charge in [-0.2, -0.15) is 0 Å². The van der Waals surface area contributed by atoms with Crippen LogP contribution in [0.1, 0.15) is 12.0 Å². The minimum Gasteiger partial charge on any atom is -0.496 e. The van der Waals surface area contributed by atoms with E-state index in [9.17, 15) is 4.79 Å². The standard InChI is InChI=1S/C15H20ClNO4/c1-19-11-5-13(20-2)12(14(6-11)21-3)9-17-8-10(7-16)4-15(17)18/h5-6,10H,4,7-9H2,1-3H3. The van der Waals surface area contributed by atoms with Gasteiger partial charge in [-0.3, -0.25) is 4.79 Å². The Morgan fingerprint density at radius 3 is 2.24 bits per heavy atom. The molecule has 0 aliphatic carbocycles. The number of methoxy groups -OCH3 is 3. The third kappa shape index (κ3) is 3.35. The predicted octanol–water partition coefficient (Wildman–Crippen LogP) is 2.30. The van der Waals surface area contributed by atoms with Gasteiger partial charge in [0.1, 0.15) is 17.2 Å². The average Bonchev–Trinajstić information content (AvgIpc) is 2.87. The quantitative estimate of drug-likeness (QED) is 0.756. The number of rotatable bonds is 6. The largest absolute Gasteiger partial charge is 0.496 e. The Kier molecular flexibility index (Phi) is 5.17. The van der Waals surface area contributed by atoms with E-state index >= 15 is 0 Å². The summed E-state index contributed by atoms with van der Waals surface area (Å²) in [5, 5.41) is 0. The molecule has 0 radical (unpaired) electrons. The van der Waals surface area contributed by atoms with E-state index < -0.39 is 0 Å². The van der Waals surface area contributed by atoms with Crippen molar-refractivity contribution in [2.24, 2.45) is 5.92 Å². The molecule has 1 saturated heterocycles. The molecule has 0 saturated carbocycles. The highest BCUT2D eigenvalue weighted by atomic mass is 35.5. The summed E-state index contributed by atoms with van der Waals surface area (Å²) in [6, 6.07) is 3.58. The molecule has 116 valence electrons. The molecule has 0 N–H and O–H groups in total. The van der Waals surface area contributed by atoms with Crippen LogP contribution in [0.15, 0.2) is 12.1 Å². The van der Waals surface area contributed by atoms with Gasteiger partial charge in [-0.15, -0.1) is 11.6 Å². The molecule has 1 amide bonds. The first kappa shape index (κ1) is 15.8. The van der Waals surface area contributed by atoms with Gasteiger partial charge in [-0.05, 0) is 5.92 Å². The molecular formula is C15H20ClNO4. The number of nitrogens with zero attached hydrogens (tertiary/aromatic N) is 1. The molecule has 2 rings (SSSR count). The fraction of sp³-hybridized carbons (Fsp3) is 0.533. The Morgan fingerprint density at radius 2 is 1.81 bits per heavy atom. The smallest absolute Gasteiger partial charge is 0.223 e. The van der Waals surface area contributed by atoms with Crippen molar-refractivity contribution in [3.8, 4) is 17.2 Å². The molecule has 1 heterocycles. The van der Waals surface area contributed by atoms with Crippen molar-refractivity contribution in [3.63, 3.8) is 0 Å². The molecule has 1 fully saturated rings. The lowest BCUT2D eigenvalue weighted by atomic mass is 10.1. The number of halogens is 1. The second kappa shape index (κ2) is 6.89. The molecule has 21 heavy (non-hydrogen) atoms. The first-order valence-corrected chi connectivity index (χ1v) is 7.29. The molecule has 1 aromatic rings. The summed E-state index contributed by atoms with van der Waals surface area (Å²) in [4.78, 5) is 13.8. The maximum atomic E-state index is 12.0. The van der Waals surface area contributed by atoms with Crippen molar-refractivity contribution in [1.29, 1.82) is 0 Å². The first-order valence-electron chi connectivity index (χ1n) is 6.75. The Bertz CT molecular complexity index is 495. The van der Waals surface area contributed by atoms with Gasteiger partial charge in [-0.25, -0.2) is 0 Å². The molecule has 5 nitrogen and oxygen atoms in total. The van der Waals surface area contributed by atoms with Crippen LogP contribution < -0.4 is 14.2 Å². The van der Waals surface area contributed by atoms with Crippen molar-refractivity contribution in [1.82, 2.24) is 4.90 Å². The second-order valence-corrected chi connectivity index (χ2v) is 5.32. The number of carbonyl (C=O) groups excluding carboxylic acids is 1. The van der Waals surface area contributed by atoms with Crippen LogP contribution in [0.5, 0.6) is 17.2 Å². The summed E-state index contributed by atoms with van der Waals surface area (Å²) in [7, 11) is 4.76. The second-order valence-electron chi connectivity index (χ2n) is 5.01. The third-order valence-electron chi connectivity index (χ3n) is 3.68. The molecule has 1 aliphatic heterocycles. The Morgan fingerprint density at radius 1 is 1.19 bits per heavy atom. The molecule has 1 aliphatic rings. The summed E-state index contributed by atoms with van der Waals surface area (Å²) in [6.07, 6.45) is 0.504. The van der Waals surface area contributed by atoms with E-state index in [2.05, 4.69) is 0 Å². The summed E-state index contributed by atoms with van der Waals surface area (Å²) < 4.78 is 16.0. The van der Waals surface area contributed by atoms with Gasteiger partial charge < -0.3 is 19.1 Å². The number of benzene rings is 1. The maximum absolute atomic E-state index is 12.0. The first-order chi connectivity index (χ1) is 10.1. The number of carbonyl (C=O) groups is 1. The van der Waals surface area contributed by atoms with Crippen LogP contribution in [0.4, 0.5) is 0 Å². The maximum Gasteiger partial charge on any atom is 0.223 e. The number of ether oxygens (including phenoxy) is 3. The summed E-state index contributed by atoms with van der Waals surface area (Å²) >= 11 is 5.85. The van der Waals surface area contributed by atoms with Crippen LogP contribution in [-0.4, -0.2) is 44.6 Å². The normalized spacial score (nSPS) is 18.0. The molecule has 6 heteroatoms. The van der Waals surface area contributed by atoms with Crippen molar-refractivity contribution >= 4 is 17.5 Å². The Hall–Kier alpha value is -1.62. The summed E-state index contributed by atoms with van der Waals surface area (Å²) in [5.74, 6) is 2.77.